The molecule has 0 aromatic rings. The highest BCUT2D eigenvalue weighted by Gasteiger charge is 2.48. The number of allylic oxidation sites excluding steroid dienone is 1. The van der Waals surface area contributed by atoms with E-state index in [0.29, 0.717) is 6.42 Å². The molecule has 15 heavy (non-hydrogen) atoms. The summed E-state index contributed by atoms with van der Waals surface area (Å²) in [6.07, 6.45) is 5.41. The predicted octanol–water partition coefficient (Wildman–Crippen LogP) is 2.46. The molecule has 0 bridgehead atoms. The minimum atomic E-state index is -0.789. The van der Waals surface area contributed by atoms with E-state index < -0.39 is 5.60 Å². The Bertz CT molecular complexity index is 327. The zero-order chi connectivity index (χ0) is 11.3. The molecule has 0 aromatic heterocycles. The normalized spacial score (nSPS) is 46.0. The van der Waals surface area contributed by atoms with Gasteiger partial charge in [-0.25, -0.2) is 0 Å². The molecule has 0 aliphatic heterocycles. The Balaban J connectivity index is 2.46. The topological polar surface area (TPSA) is 37.3 Å². The van der Waals surface area contributed by atoms with Gasteiger partial charge in [-0.2, -0.15) is 0 Å². The van der Waals surface area contributed by atoms with E-state index in [0.717, 1.165) is 24.8 Å². The van der Waals surface area contributed by atoms with Crippen LogP contribution in [-0.4, -0.2) is 16.5 Å². The standard InChI is InChI=1S/C13H20O2/c1-9-4-6-12(2)7-5-10(14)8-11(12)13(9,3)15/h8-9,15H,4-7H2,1-3H3. The van der Waals surface area contributed by atoms with Gasteiger partial charge >= 0.3 is 0 Å². The molecule has 3 atom stereocenters. The second-order valence-electron chi connectivity index (χ2n) is 5.67. The Morgan fingerprint density at radius 1 is 1.40 bits per heavy atom. The SMILES string of the molecule is CC1CCC2(C)CCC(=O)C=C2C1(C)O. The number of carbonyl (C=O) groups is 1. The van der Waals surface area contributed by atoms with Crippen LogP contribution in [0.2, 0.25) is 0 Å². The first-order valence-electron chi connectivity index (χ1n) is 5.84. The Hall–Kier alpha value is -0.630. The van der Waals surface area contributed by atoms with Gasteiger partial charge in [-0.15, -0.1) is 0 Å². The number of carbonyl (C=O) groups excluding carboxylic acids is 1. The van der Waals surface area contributed by atoms with Gasteiger partial charge in [-0.05, 0) is 49.2 Å². The zero-order valence-electron chi connectivity index (χ0n) is 9.84. The van der Waals surface area contributed by atoms with Crippen LogP contribution in [0, 0.1) is 11.3 Å². The Morgan fingerprint density at radius 2 is 2.07 bits per heavy atom. The number of fused-ring (bicyclic) bond motifs is 1. The summed E-state index contributed by atoms with van der Waals surface area (Å²) in [6.45, 7) is 6.12. The van der Waals surface area contributed by atoms with Crippen LogP contribution < -0.4 is 0 Å². The average molecular weight is 208 g/mol. The van der Waals surface area contributed by atoms with Gasteiger partial charge < -0.3 is 5.11 Å². The summed E-state index contributed by atoms with van der Waals surface area (Å²) in [7, 11) is 0. The van der Waals surface area contributed by atoms with Crippen molar-refractivity contribution in [2.45, 2.75) is 52.1 Å². The molecule has 0 heterocycles. The number of hydrogen-bond acceptors (Lipinski definition) is 2. The zero-order valence-corrected chi connectivity index (χ0v) is 9.84. The molecule has 0 amide bonds. The van der Waals surface area contributed by atoms with Crippen LogP contribution in [-0.2, 0) is 4.79 Å². The average Bonchev–Trinajstić information content (AvgIpc) is 2.16. The molecule has 2 aliphatic carbocycles. The van der Waals surface area contributed by atoms with Crippen molar-refractivity contribution in [1.82, 2.24) is 0 Å². The molecule has 3 unspecified atom stereocenters. The highest BCUT2D eigenvalue weighted by Crippen LogP contribution is 2.52. The maximum absolute atomic E-state index is 11.5. The van der Waals surface area contributed by atoms with E-state index in [1.165, 1.54) is 0 Å². The fourth-order valence-corrected chi connectivity index (χ4v) is 3.04. The van der Waals surface area contributed by atoms with Crippen LogP contribution in [0.25, 0.3) is 0 Å². The van der Waals surface area contributed by atoms with E-state index >= 15 is 0 Å². The van der Waals surface area contributed by atoms with Crippen molar-refractivity contribution in [1.29, 1.82) is 0 Å². The van der Waals surface area contributed by atoms with Crippen LogP contribution in [0.4, 0.5) is 0 Å². The van der Waals surface area contributed by atoms with E-state index in [1.54, 1.807) is 6.08 Å². The summed E-state index contributed by atoms with van der Waals surface area (Å²) in [5.41, 5.74) is 0.248. The Labute approximate surface area is 91.4 Å². The van der Waals surface area contributed by atoms with Gasteiger partial charge in [0.25, 0.3) is 0 Å². The lowest BCUT2D eigenvalue weighted by atomic mass is 9.57. The van der Waals surface area contributed by atoms with Crippen LogP contribution in [0.5, 0.6) is 0 Å². The van der Waals surface area contributed by atoms with Gasteiger partial charge in [-0.3, -0.25) is 4.79 Å². The summed E-state index contributed by atoms with van der Waals surface area (Å²) in [4.78, 5) is 11.5. The number of rotatable bonds is 0. The van der Waals surface area contributed by atoms with E-state index in [9.17, 15) is 9.90 Å². The quantitative estimate of drug-likeness (QED) is 0.664. The molecule has 84 valence electrons. The summed E-state index contributed by atoms with van der Waals surface area (Å²) in [5, 5.41) is 10.5. The van der Waals surface area contributed by atoms with Gasteiger partial charge in [0.05, 0.1) is 5.60 Å². The molecule has 1 saturated carbocycles. The van der Waals surface area contributed by atoms with Crippen LogP contribution >= 0.6 is 0 Å². The highest BCUT2D eigenvalue weighted by atomic mass is 16.3. The summed E-state index contributed by atoms with van der Waals surface area (Å²) in [6, 6.07) is 0. The molecule has 1 fully saturated rings. The monoisotopic (exact) mass is 208 g/mol. The Kier molecular flexibility index (Phi) is 2.30. The second-order valence-corrected chi connectivity index (χ2v) is 5.67. The van der Waals surface area contributed by atoms with Crippen molar-refractivity contribution in [3.8, 4) is 0 Å². The fraction of sp³-hybridized carbons (Fsp3) is 0.769. The molecule has 2 nitrogen and oxygen atoms in total. The smallest absolute Gasteiger partial charge is 0.155 e. The van der Waals surface area contributed by atoms with Crippen molar-refractivity contribution < 1.29 is 9.90 Å². The molecule has 0 aromatic carbocycles. The van der Waals surface area contributed by atoms with Crippen molar-refractivity contribution in [3.63, 3.8) is 0 Å². The summed E-state index contributed by atoms with van der Waals surface area (Å²) in [5.74, 6) is 0.430. The van der Waals surface area contributed by atoms with Crippen molar-refractivity contribution in [2.24, 2.45) is 11.3 Å². The predicted molar refractivity (Wildman–Crippen MR) is 59.5 cm³/mol. The lowest BCUT2D eigenvalue weighted by Gasteiger charge is -2.49. The van der Waals surface area contributed by atoms with Gasteiger partial charge in [0.2, 0.25) is 0 Å². The number of hydrogen-bond donors (Lipinski definition) is 1. The third-order valence-electron chi connectivity index (χ3n) is 4.51. The molecular weight excluding hydrogens is 188 g/mol. The molecule has 1 N–H and O–H groups in total. The van der Waals surface area contributed by atoms with Gasteiger partial charge in [-0.1, -0.05) is 13.8 Å². The summed E-state index contributed by atoms with van der Waals surface area (Å²) >= 11 is 0. The second kappa shape index (κ2) is 3.18. The van der Waals surface area contributed by atoms with Crippen LogP contribution in [0.1, 0.15) is 46.5 Å². The van der Waals surface area contributed by atoms with Gasteiger partial charge in [0.1, 0.15) is 0 Å². The molecule has 2 heteroatoms. The largest absolute Gasteiger partial charge is 0.385 e. The summed E-state index contributed by atoms with van der Waals surface area (Å²) < 4.78 is 0. The maximum atomic E-state index is 11.5. The lowest BCUT2D eigenvalue weighted by Crippen LogP contribution is -2.48. The first-order chi connectivity index (χ1) is 6.86. The van der Waals surface area contributed by atoms with E-state index in [1.807, 2.05) is 6.92 Å². The maximum Gasteiger partial charge on any atom is 0.155 e. The minimum absolute atomic E-state index is 0.0594. The van der Waals surface area contributed by atoms with E-state index in [4.69, 9.17) is 0 Å². The van der Waals surface area contributed by atoms with Crippen molar-refractivity contribution >= 4 is 5.78 Å². The molecule has 0 saturated heterocycles. The fourth-order valence-electron chi connectivity index (χ4n) is 3.04. The molecule has 2 rings (SSSR count). The number of ketones is 1. The molecular formula is C13H20O2. The van der Waals surface area contributed by atoms with Gasteiger partial charge in [0.15, 0.2) is 5.78 Å². The first-order valence-corrected chi connectivity index (χ1v) is 5.84. The number of aliphatic hydroxyl groups is 1. The molecule has 0 spiro atoms. The molecule has 0 radical (unpaired) electrons. The van der Waals surface area contributed by atoms with E-state index in [-0.39, 0.29) is 17.1 Å². The van der Waals surface area contributed by atoms with Crippen LogP contribution in [0.15, 0.2) is 11.6 Å². The first kappa shape index (κ1) is 10.9. The Morgan fingerprint density at radius 3 is 2.73 bits per heavy atom. The lowest BCUT2D eigenvalue weighted by molar-refractivity contribution is -0.117. The highest BCUT2D eigenvalue weighted by molar-refractivity contribution is 5.92. The third-order valence-corrected chi connectivity index (χ3v) is 4.51. The third kappa shape index (κ3) is 1.55. The minimum Gasteiger partial charge on any atom is -0.385 e. The van der Waals surface area contributed by atoms with Crippen LogP contribution in [0.3, 0.4) is 0 Å². The molecule has 2 aliphatic rings. The van der Waals surface area contributed by atoms with E-state index in [2.05, 4.69) is 13.8 Å². The van der Waals surface area contributed by atoms with Crippen molar-refractivity contribution in [3.05, 3.63) is 11.6 Å². The van der Waals surface area contributed by atoms with Gasteiger partial charge in [0, 0.05) is 6.42 Å². The van der Waals surface area contributed by atoms with Crippen molar-refractivity contribution in [2.75, 3.05) is 0 Å².